The molecule has 6 heteroatoms. The molecule has 138 valence electrons. The summed E-state index contributed by atoms with van der Waals surface area (Å²) in [6, 6.07) is 0.289. The Balaban J connectivity index is 1.62. The third-order valence-corrected chi connectivity index (χ3v) is 5.33. The summed E-state index contributed by atoms with van der Waals surface area (Å²) in [6.45, 7) is 3.39. The summed E-state index contributed by atoms with van der Waals surface area (Å²) < 4.78 is 5.60. The summed E-state index contributed by atoms with van der Waals surface area (Å²) in [7, 11) is 0. The van der Waals surface area contributed by atoms with Crippen molar-refractivity contribution in [1.29, 1.82) is 0 Å². The van der Waals surface area contributed by atoms with Crippen LogP contribution in [-0.2, 0) is 11.2 Å². The quantitative estimate of drug-likeness (QED) is 0.729. The molecule has 0 radical (unpaired) electrons. The number of ether oxygens (including phenoxy) is 1. The van der Waals surface area contributed by atoms with Crippen LogP contribution in [0, 0.1) is 5.92 Å². The van der Waals surface area contributed by atoms with Crippen molar-refractivity contribution < 1.29 is 9.53 Å². The molecule has 0 aromatic carbocycles. The van der Waals surface area contributed by atoms with Crippen molar-refractivity contribution in [2.45, 2.75) is 71.1 Å². The molecule has 1 aliphatic heterocycles. The molecular formula is C19H30N4O2. The van der Waals surface area contributed by atoms with Gasteiger partial charge in [-0.15, -0.1) is 0 Å². The van der Waals surface area contributed by atoms with Crippen molar-refractivity contribution in [3.63, 3.8) is 0 Å². The van der Waals surface area contributed by atoms with Crippen molar-refractivity contribution in [3.05, 3.63) is 5.56 Å². The molecule has 0 atom stereocenters. The zero-order chi connectivity index (χ0) is 17.6. The Labute approximate surface area is 150 Å². The first kappa shape index (κ1) is 18.0. The Morgan fingerprint density at radius 1 is 1.20 bits per heavy atom. The fourth-order valence-corrected chi connectivity index (χ4v) is 3.84. The van der Waals surface area contributed by atoms with Crippen LogP contribution in [0.4, 0.5) is 11.6 Å². The first-order chi connectivity index (χ1) is 12.2. The maximum Gasteiger partial charge on any atom is 0.320 e. The van der Waals surface area contributed by atoms with E-state index in [0.717, 1.165) is 30.7 Å². The van der Waals surface area contributed by atoms with E-state index in [9.17, 15) is 4.79 Å². The standard InChI is InChI=1S/C19H30N4O2/c1-2-3-12-25-19-21-17(20)15-13-16(24)23(18(15)22-19)11-7-10-14-8-5-4-6-9-14/h14H,2-13H2,1H3,(H2,20,21,22). The van der Waals surface area contributed by atoms with Gasteiger partial charge in [0.2, 0.25) is 5.91 Å². The van der Waals surface area contributed by atoms with Crippen LogP contribution in [0.15, 0.2) is 0 Å². The number of hydrogen-bond acceptors (Lipinski definition) is 5. The van der Waals surface area contributed by atoms with E-state index in [0.29, 0.717) is 31.2 Å². The van der Waals surface area contributed by atoms with Crippen LogP contribution < -0.4 is 15.4 Å². The van der Waals surface area contributed by atoms with Gasteiger partial charge >= 0.3 is 6.01 Å². The predicted molar refractivity (Wildman–Crippen MR) is 98.7 cm³/mol. The van der Waals surface area contributed by atoms with E-state index >= 15 is 0 Å². The highest BCUT2D eigenvalue weighted by Gasteiger charge is 2.32. The van der Waals surface area contributed by atoms with Crippen LogP contribution >= 0.6 is 0 Å². The predicted octanol–water partition coefficient (Wildman–Crippen LogP) is 3.49. The van der Waals surface area contributed by atoms with Crippen LogP contribution in [0.25, 0.3) is 0 Å². The van der Waals surface area contributed by atoms with E-state index < -0.39 is 0 Å². The summed E-state index contributed by atoms with van der Waals surface area (Å²) >= 11 is 0. The summed E-state index contributed by atoms with van der Waals surface area (Å²) in [5.74, 6) is 1.94. The number of fused-ring (bicyclic) bond motifs is 1. The minimum Gasteiger partial charge on any atom is -0.463 e. The monoisotopic (exact) mass is 346 g/mol. The van der Waals surface area contributed by atoms with Gasteiger partial charge < -0.3 is 10.5 Å². The molecule has 0 unspecified atom stereocenters. The number of unbranched alkanes of at least 4 members (excludes halogenated alkanes) is 1. The van der Waals surface area contributed by atoms with E-state index in [-0.39, 0.29) is 11.9 Å². The normalized spacial score (nSPS) is 17.8. The number of nitrogen functional groups attached to an aromatic ring is 1. The van der Waals surface area contributed by atoms with Gasteiger partial charge in [-0.05, 0) is 25.2 Å². The molecule has 0 bridgehead atoms. The lowest BCUT2D eigenvalue weighted by molar-refractivity contribution is -0.117. The third-order valence-electron chi connectivity index (χ3n) is 5.33. The second-order valence-corrected chi connectivity index (χ2v) is 7.26. The fraction of sp³-hybridized carbons (Fsp3) is 0.737. The molecule has 6 nitrogen and oxygen atoms in total. The number of aromatic nitrogens is 2. The number of nitrogens with two attached hydrogens (primary N) is 1. The van der Waals surface area contributed by atoms with E-state index in [1.807, 2.05) is 0 Å². The average Bonchev–Trinajstić information content (AvgIpc) is 2.93. The third kappa shape index (κ3) is 4.41. The van der Waals surface area contributed by atoms with Crippen molar-refractivity contribution in [1.82, 2.24) is 9.97 Å². The minimum absolute atomic E-state index is 0.0744. The molecular weight excluding hydrogens is 316 g/mol. The molecule has 25 heavy (non-hydrogen) atoms. The Morgan fingerprint density at radius 2 is 2.00 bits per heavy atom. The number of anilines is 2. The highest BCUT2D eigenvalue weighted by Crippen LogP contribution is 2.33. The Hall–Kier alpha value is -1.85. The first-order valence-electron chi connectivity index (χ1n) is 9.78. The molecule has 1 aromatic rings. The maximum atomic E-state index is 12.4. The van der Waals surface area contributed by atoms with Gasteiger partial charge in [0.05, 0.1) is 13.0 Å². The molecule has 0 saturated heterocycles. The molecule has 1 amide bonds. The van der Waals surface area contributed by atoms with E-state index in [1.54, 1.807) is 4.90 Å². The van der Waals surface area contributed by atoms with Gasteiger partial charge in [-0.2, -0.15) is 9.97 Å². The van der Waals surface area contributed by atoms with Crippen molar-refractivity contribution in [2.24, 2.45) is 5.92 Å². The van der Waals surface area contributed by atoms with Crippen LogP contribution in [0.5, 0.6) is 6.01 Å². The molecule has 2 aliphatic rings. The van der Waals surface area contributed by atoms with Crippen LogP contribution in [0.3, 0.4) is 0 Å². The molecule has 2 heterocycles. The summed E-state index contributed by atoms with van der Waals surface area (Å²) in [6.07, 6.45) is 11.3. The fourth-order valence-electron chi connectivity index (χ4n) is 3.84. The zero-order valence-corrected chi connectivity index (χ0v) is 15.3. The number of nitrogens with zero attached hydrogens (tertiary/aromatic N) is 3. The molecule has 2 N–H and O–H groups in total. The number of carbonyl (C=O) groups excluding carboxylic acids is 1. The highest BCUT2D eigenvalue weighted by molar-refractivity contribution is 6.01. The minimum atomic E-state index is 0.0744. The van der Waals surface area contributed by atoms with E-state index in [4.69, 9.17) is 10.5 Å². The number of rotatable bonds is 8. The molecule has 1 fully saturated rings. The van der Waals surface area contributed by atoms with Gasteiger partial charge in [0.15, 0.2) is 0 Å². The smallest absolute Gasteiger partial charge is 0.320 e. The summed E-state index contributed by atoms with van der Waals surface area (Å²) in [5.41, 5.74) is 6.79. The number of hydrogen-bond donors (Lipinski definition) is 1. The number of carbonyl (C=O) groups is 1. The van der Waals surface area contributed by atoms with Crippen molar-refractivity contribution in [3.8, 4) is 6.01 Å². The summed E-state index contributed by atoms with van der Waals surface area (Å²) in [4.78, 5) is 22.9. The Bertz CT molecular complexity index is 599. The zero-order valence-electron chi connectivity index (χ0n) is 15.3. The van der Waals surface area contributed by atoms with E-state index in [2.05, 4.69) is 16.9 Å². The van der Waals surface area contributed by atoms with Gasteiger partial charge in [-0.1, -0.05) is 45.4 Å². The van der Waals surface area contributed by atoms with Gasteiger partial charge in [-0.25, -0.2) is 0 Å². The second-order valence-electron chi connectivity index (χ2n) is 7.26. The SMILES string of the molecule is CCCCOc1nc(N)c2c(n1)N(CCCC1CCCCC1)C(=O)C2. The maximum absolute atomic E-state index is 12.4. The van der Waals surface area contributed by atoms with Crippen LogP contribution in [0.1, 0.15) is 70.3 Å². The summed E-state index contributed by atoms with van der Waals surface area (Å²) in [5, 5.41) is 0. The van der Waals surface area contributed by atoms with Crippen molar-refractivity contribution >= 4 is 17.5 Å². The Kier molecular flexibility index (Phi) is 6.10. The van der Waals surface area contributed by atoms with Gasteiger partial charge in [-0.3, -0.25) is 9.69 Å². The largest absolute Gasteiger partial charge is 0.463 e. The van der Waals surface area contributed by atoms with E-state index in [1.165, 1.54) is 38.5 Å². The Morgan fingerprint density at radius 3 is 2.76 bits per heavy atom. The lowest BCUT2D eigenvalue weighted by Crippen LogP contribution is -2.29. The first-order valence-corrected chi connectivity index (χ1v) is 9.78. The lowest BCUT2D eigenvalue weighted by atomic mass is 9.86. The molecule has 1 saturated carbocycles. The van der Waals surface area contributed by atoms with Crippen LogP contribution in [0.2, 0.25) is 0 Å². The molecule has 1 aliphatic carbocycles. The second kappa shape index (κ2) is 8.50. The average molecular weight is 346 g/mol. The topological polar surface area (TPSA) is 81.3 Å². The number of amides is 1. The molecule has 1 aromatic heterocycles. The lowest BCUT2D eigenvalue weighted by Gasteiger charge is -2.23. The molecule has 3 rings (SSSR count). The highest BCUT2D eigenvalue weighted by atomic mass is 16.5. The van der Waals surface area contributed by atoms with Gasteiger partial charge in [0, 0.05) is 12.1 Å². The van der Waals surface area contributed by atoms with Crippen molar-refractivity contribution in [2.75, 3.05) is 23.8 Å². The van der Waals surface area contributed by atoms with Crippen LogP contribution in [-0.4, -0.2) is 29.0 Å². The van der Waals surface area contributed by atoms with Gasteiger partial charge in [0.25, 0.3) is 0 Å². The molecule has 0 spiro atoms. The van der Waals surface area contributed by atoms with Gasteiger partial charge in [0.1, 0.15) is 11.6 Å².